The fraction of sp³-hybridized carbons (Fsp3) is 0.571. The second-order valence-electron chi connectivity index (χ2n) is 2.34. The molecule has 0 heterocycles. The molecule has 1 rings (SSSR count). The monoisotopic (exact) mass is 124 g/mol. The molecular formula is C7H12N2. The highest BCUT2D eigenvalue weighted by Crippen LogP contribution is 2.15. The largest absolute Gasteiger partial charge is 0.324 e. The van der Waals surface area contributed by atoms with E-state index in [0.717, 1.165) is 6.42 Å². The number of hydrogen-bond acceptors (Lipinski definition) is 2. The molecule has 0 spiro atoms. The fourth-order valence-electron chi connectivity index (χ4n) is 1.07. The maximum atomic E-state index is 5.00. The predicted octanol–water partition coefficient (Wildman–Crippen LogP) is 1.29. The summed E-state index contributed by atoms with van der Waals surface area (Å²) >= 11 is 0. The molecule has 0 aliphatic heterocycles. The second-order valence-corrected chi connectivity index (χ2v) is 2.34. The summed E-state index contributed by atoms with van der Waals surface area (Å²) in [7, 11) is 0. The Morgan fingerprint density at radius 2 is 2.44 bits per heavy atom. The molecule has 50 valence electrons. The third-order valence-corrected chi connectivity index (χ3v) is 1.61. The van der Waals surface area contributed by atoms with E-state index in [9.17, 15) is 0 Å². The van der Waals surface area contributed by atoms with Crippen molar-refractivity contribution in [3.8, 4) is 0 Å². The molecule has 0 aromatic rings. The van der Waals surface area contributed by atoms with Gasteiger partial charge in [0, 0.05) is 6.21 Å². The van der Waals surface area contributed by atoms with Gasteiger partial charge < -0.3 is 5.84 Å². The normalized spacial score (nSPS) is 27.3. The third-order valence-electron chi connectivity index (χ3n) is 1.61. The van der Waals surface area contributed by atoms with E-state index in [1.807, 2.05) is 6.21 Å². The molecule has 0 aromatic heterocycles. The summed E-state index contributed by atoms with van der Waals surface area (Å²) in [6.07, 6.45) is 9.73. The minimum Gasteiger partial charge on any atom is -0.324 e. The molecule has 0 unspecified atom stereocenters. The highest BCUT2D eigenvalue weighted by molar-refractivity contribution is 5.60. The Hall–Kier alpha value is -0.790. The maximum absolute atomic E-state index is 5.00. The number of nitrogens with two attached hydrogens (primary N) is 1. The van der Waals surface area contributed by atoms with Gasteiger partial charge in [0.2, 0.25) is 0 Å². The van der Waals surface area contributed by atoms with Gasteiger partial charge in [-0.25, -0.2) is 0 Å². The number of hydrogen-bond donors (Lipinski definition) is 1. The molecule has 0 fully saturated rings. The Bertz CT molecular complexity index is 127. The zero-order valence-electron chi connectivity index (χ0n) is 5.46. The molecule has 0 saturated carbocycles. The summed E-state index contributed by atoms with van der Waals surface area (Å²) in [6, 6.07) is 0. The number of nitrogens with zero attached hydrogens (tertiary/aromatic N) is 1. The topological polar surface area (TPSA) is 38.4 Å². The van der Waals surface area contributed by atoms with Crippen molar-refractivity contribution in [2.24, 2.45) is 16.9 Å². The van der Waals surface area contributed by atoms with Crippen LogP contribution in [0.4, 0.5) is 0 Å². The Balaban J connectivity index is 2.35. The van der Waals surface area contributed by atoms with Gasteiger partial charge in [-0.3, -0.25) is 0 Å². The SMILES string of the molecule is NN=C[C@@H]1CC=CCC1. The van der Waals surface area contributed by atoms with Crippen molar-refractivity contribution in [1.82, 2.24) is 0 Å². The zero-order chi connectivity index (χ0) is 6.53. The fourth-order valence-corrected chi connectivity index (χ4v) is 1.07. The predicted molar refractivity (Wildman–Crippen MR) is 39.2 cm³/mol. The lowest BCUT2D eigenvalue weighted by Gasteiger charge is -2.10. The summed E-state index contributed by atoms with van der Waals surface area (Å²) in [6.45, 7) is 0. The van der Waals surface area contributed by atoms with Crippen LogP contribution in [0, 0.1) is 5.92 Å². The van der Waals surface area contributed by atoms with Crippen molar-refractivity contribution < 1.29 is 0 Å². The molecule has 1 atom stereocenters. The number of rotatable bonds is 1. The Morgan fingerprint density at radius 1 is 1.56 bits per heavy atom. The van der Waals surface area contributed by atoms with Crippen molar-refractivity contribution in [3.05, 3.63) is 12.2 Å². The minimum absolute atomic E-state index is 0.597. The van der Waals surface area contributed by atoms with Gasteiger partial charge in [-0.05, 0) is 25.2 Å². The number of allylic oxidation sites excluding steroid dienone is 2. The van der Waals surface area contributed by atoms with Crippen molar-refractivity contribution in [2.75, 3.05) is 0 Å². The molecular weight excluding hydrogens is 112 g/mol. The second kappa shape index (κ2) is 3.28. The lowest BCUT2D eigenvalue weighted by molar-refractivity contribution is 0.626. The first-order valence-electron chi connectivity index (χ1n) is 3.32. The smallest absolute Gasteiger partial charge is 0.0274 e. The van der Waals surface area contributed by atoms with Gasteiger partial charge in [0.15, 0.2) is 0 Å². The van der Waals surface area contributed by atoms with Crippen LogP contribution in [0.3, 0.4) is 0 Å². The van der Waals surface area contributed by atoms with Crippen molar-refractivity contribution in [2.45, 2.75) is 19.3 Å². The van der Waals surface area contributed by atoms with Crippen LogP contribution in [0.5, 0.6) is 0 Å². The van der Waals surface area contributed by atoms with Crippen molar-refractivity contribution >= 4 is 6.21 Å². The van der Waals surface area contributed by atoms with Crippen LogP contribution < -0.4 is 5.84 Å². The molecule has 2 heteroatoms. The van der Waals surface area contributed by atoms with Crippen LogP contribution in [0.2, 0.25) is 0 Å². The van der Waals surface area contributed by atoms with Gasteiger partial charge in [0.1, 0.15) is 0 Å². The lowest BCUT2D eigenvalue weighted by Crippen LogP contribution is -2.04. The molecule has 9 heavy (non-hydrogen) atoms. The zero-order valence-corrected chi connectivity index (χ0v) is 5.46. The molecule has 0 amide bonds. The first kappa shape index (κ1) is 6.33. The molecule has 1 aliphatic carbocycles. The highest BCUT2D eigenvalue weighted by atomic mass is 15.1. The van der Waals surface area contributed by atoms with E-state index in [1.54, 1.807) is 0 Å². The van der Waals surface area contributed by atoms with E-state index in [1.165, 1.54) is 12.8 Å². The molecule has 1 aliphatic rings. The van der Waals surface area contributed by atoms with E-state index in [0.29, 0.717) is 5.92 Å². The summed E-state index contributed by atoms with van der Waals surface area (Å²) in [4.78, 5) is 0. The van der Waals surface area contributed by atoms with Crippen LogP contribution in [-0.2, 0) is 0 Å². The summed E-state index contributed by atoms with van der Waals surface area (Å²) < 4.78 is 0. The maximum Gasteiger partial charge on any atom is 0.0274 e. The Labute approximate surface area is 55.4 Å². The van der Waals surface area contributed by atoms with E-state index in [2.05, 4.69) is 17.3 Å². The molecule has 0 radical (unpaired) electrons. The first-order chi connectivity index (χ1) is 4.43. The summed E-state index contributed by atoms with van der Waals surface area (Å²) in [5.41, 5.74) is 0. The van der Waals surface area contributed by atoms with Gasteiger partial charge in [-0.2, -0.15) is 5.10 Å². The highest BCUT2D eigenvalue weighted by Gasteiger charge is 2.05. The average molecular weight is 124 g/mol. The van der Waals surface area contributed by atoms with E-state index >= 15 is 0 Å². The summed E-state index contributed by atoms with van der Waals surface area (Å²) in [5.74, 6) is 5.60. The molecule has 2 nitrogen and oxygen atoms in total. The molecule has 0 aromatic carbocycles. The van der Waals surface area contributed by atoms with E-state index < -0.39 is 0 Å². The van der Waals surface area contributed by atoms with E-state index in [-0.39, 0.29) is 0 Å². The van der Waals surface area contributed by atoms with Crippen LogP contribution in [-0.4, -0.2) is 6.21 Å². The first-order valence-corrected chi connectivity index (χ1v) is 3.32. The van der Waals surface area contributed by atoms with Gasteiger partial charge in [0.25, 0.3) is 0 Å². The molecule has 2 N–H and O–H groups in total. The molecule has 0 saturated heterocycles. The van der Waals surface area contributed by atoms with Crippen molar-refractivity contribution in [1.29, 1.82) is 0 Å². The van der Waals surface area contributed by atoms with Gasteiger partial charge in [-0.15, -0.1) is 0 Å². The van der Waals surface area contributed by atoms with E-state index in [4.69, 9.17) is 5.84 Å². The number of hydrazone groups is 1. The quantitative estimate of drug-likeness (QED) is 0.243. The van der Waals surface area contributed by atoms with Gasteiger partial charge in [0.05, 0.1) is 0 Å². The van der Waals surface area contributed by atoms with Gasteiger partial charge in [-0.1, -0.05) is 12.2 Å². The van der Waals surface area contributed by atoms with Crippen LogP contribution >= 0.6 is 0 Å². The third kappa shape index (κ3) is 1.88. The average Bonchev–Trinajstić information content (AvgIpc) is 1.91. The standard InChI is InChI=1S/C7H12N2/c8-9-6-7-4-2-1-3-5-7/h1-2,6-7H,3-5,8H2/t7-/m1/s1. The molecule has 0 bridgehead atoms. The van der Waals surface area contributed by atoms with Crippen molar-refractivity contribution in [3.63, 3.8) is 0 Å². The Kier molecular flexibility index (Phi) is 2.31. The van der Waals surface area contributed by atoms with Gasteiger partial charge >= 0.3 is 0 Å². The lowest BCUT2D eigenvalue weighted by atomic mass is 9.96. The summed E-state index contributed by atoms with van der Waals surface area (Å²) in [5, 5.41) is 3.50. The van der Waals surface area contributed by atoms with Crippen LogP contribution in [0.15, 0.2) is 17.3 Å². The minimum atomic E-state index is 0.597. The van der Waals surface area contributed by atoms with Crippen LogP contribution in [0.25, 0.3) is 0 Å². The Morgan fingerprint density at radius 3 is 3.00 bits per heavy atom. The van der Waals surface area contributed by atoms with Crippen LogP contribution in [0.1, 0.15) is 19.3 Å².